The molecule has 1 aromatic carbocycles. The van der Waals surface area contributed by atoms with Crippen LogP contribution in [-0.4, -0.2) is 9.97 Å². The molecule has 0 atom stereocenters. The van der Waals surface area contributed by atoms with Crippen molar-refractivity contribution in [1.82, 2.24) is 9.97 Å². The van der Waals surface area contributed by atoms with Crippen molar-refractivity contribution < 1.29 is 0 Å². The fourth-order valence-corrected chi connectivity index (χ4v) is 3.22. The monoisotopic (exact) mass is 272 g/mol. The quantitative estimate of drug-likeness (QED) is 0.650. The highest BCUT2D eigenvalue weighted by Crippen LogP contribution is 2.34. The van der Waals surface area contributed by atoms with Gasteiger partial charge >= 0.3 is 0 Å². The maximum absolute atomic E-state index is 5.57. The van der Waals surface area contributed by atoms with E-state index >= 15 is 0 Å². The summed E-state index contributed by atoms with van der Waals surface area (Å²) in [4.78, 5) is 9.22. The number of benzene rings is 1. The Morgan fingerprint density at radius 2 is 2.00 bits per heavy atom. The molecule has 0 saturated heterocycles. The summed E-state index contributed by atoms with van der Waals surface area (Å²) < 4.78 is 0. The minimum absolute atomic E-state index is 0.748. The molecule has 3 rings (SSSR count). The van der Waals surface area contributed by atoms with Crippen molar-refractivity contribution >= 4 is 17.6 Å². The van der Waals surface area contributed by atoms with Crippen LogP contribution in [0.15, 0.2) is 18.2 Å². The molecule has 4 nitrogen and oxygen atoms in total. The SMILES string of the molecule is Cc1ccc(-c2nc3c(c(NN)n2)CSC3)cc1C. The summed E-state index contributed by atoms with van der Waals surface area (Å²) in [5.74, 6) is 8.94. The van der Waals surface area contributed by atoms with E-state index in [9.17, 15) is 0 Å². The van der Waals surface area contributed by atoms with Gasteiger partial charge in [-0.05, 0) is 31.0 Å². The second kappa shape index (κ2) is 4.83. The molecule has 1 aliphatic heterocycles. The van der Waals surface area contributed by atoms with E-state index in [2.05, 4.69) is 47.4 Å². The molecule has 2 heterocycles. The number of nitrogens with zero attached hydrogens (tertiary/aromatic N) is 2. The lowest BCUT2D eigenvalue weighted by Gasteiger charge is -2.10. The van der Waals surface area contributed by atoms with E-state index in [4.69, 9.17) is 5.84 Å². The minimum Gasteiger partial charge on any atom is -0.308 e. The molecule has 0 radical (unpaired) electrons. The summed E-state index contributed by atoms with van der Waals surface area (Å²) in [5.41, 5.74) is 8.50. The van der Waals surface area contributed by atoms with Crippen LogP contribution < -0.4 is 11.3 Å². The maximum atomic E-state index is 5.57. The lowest BCUT2D eigenvalue weighted by Crippen LogP contribution is -2.12. The Balaban J connectivity index is 2.12. The zero-order valence-corrected chi connectivity index (χ0v) is 11.8. The first-order valence-corrected chi connectivity index (χ1v) is 7.36. The molecular weight excluding hydrogens is 256 g/mol. The highest BCUT2D eigenvalue weighted by molar-refractivity contribution is 7.98. The topological polar surface area (TPSA) is 63.8 Å². The van der Waals surface area contributed by atoms with Gasteiger partial charge < -0.3 is 5.43 Å². The van der Waals surface area contributed by atoms with E-state index in [-0.39, 0.29) is 0 Å². The van der Waals surface area contributed by atoms with Crippen LogP contribution in [0, 0.1) is 13.8 Å². The predicted octanol–water partition coefficient (Wildman–Crippen LogP) is 2.79. The largest absolute Gasteiger partial charge is 0.308 e. The third-order valence-electron chi connectivity index (χ3n) is 3.48. The summed E-state index contributed by atoms with van der Waals surface area (Å²) in [6, 6.07) is 6.29. The number of nitrogen functional groups attached to an aromatic ring is 1. The van der Waals surface area contributed by atoms with Crippen LogP contribution in [0.2, 0.25) is 0 Å². The van der Waals surface area contributed by atoms with Gasteiger partial charge in [0.05, 0.1) is 5.69 Å². The van der Waals surface area contributed by atoms with E-state index in [1.165, 1.54) is 11.1 Å². The fraction of sp³-hybridized carbons (Fsp3) is 0.286. The predicted molar refractivity (Wildman–Crippen MR) is 79.8 cm³/mol. The summed E-state index contributed by atoms with van der Waals surface area (Å²) in [6.45, 7) is 4.20. The van der Waals surface area contributed by atoms with Gasteiger partial charge in [0.15, 0.2) is 5.82 Å². The van der Waals surface area contributed by atoms with E-state index in [0.29, 0.717) is 0 Å². The maximum Gasteiger partial charge on any atom is 0.161 e. The van der Waals surface area contributed by atoms with E-state index in [1.807, 2.05) is 11.8 Å². The van der Waals surface area contributed by atoms with Gasteiger partial charge in [-0.25, -0.2) is 15.8 Å². The summed E-state index contributed by atoms with van der Waals surface area (Å²) in [7, 11) is 0. The third-order valence-corrected chi connectivity index (χ3v) is 4.45. The molecule has 2 aromatic rings. The number of nitrogens with two attached hydrogens (primary N) is 1. The van der Waals surface area contributed by atoms with Crippen molar-refractivity contribution in [3.05, 3.63) is 40.6 Å². The first-order chi connectivity index (χ1) is 9.19. The first kappa shape index (κ1) is 12.4. The molecule has 1 aromatic heterocycles. The Morgan fingerprint density at radius 3 is 2.74 bits per heavy atom. The Hall–Kier alpha value is -1.59. The molecule has 0 aliphatic carbocycles. The van der Waals surface area contributed by atoms with Crippen molar-refractivity contribution in [3.8, 4) is 11.4 Å². The third kappa shape index (κ3) is 2.19. The Kier molecular flexibility index (Phi) is 3.16. The van der Waals surface area contributed by atoms with Gasteiger partial charge in [0.2, 0.25) is 0 Å². The van der Waals surface area contributed by atoms with Crippen LogP contribution in [0.3, 0.4) is 0 Å². The second-order valence-electron chi connectivity index (χ2n) is 4.76. The lowest BCUT2D eigenvalue weighted by atomic mass is 10.1. The first-order valence-electron chi connectivity index (χ1n) is 6.21. The van der Waals surface area contributed by atoms with Gasteiger partial charge in [-0.15, -0.1) is 0 Å². The van der Waals surface area contributed by atoms with Crippen LogP contribution in [0.1, 0.15) is 22.4 Å². The molecule has 0 saturated carbocycles. The zero-order chi connectivity index (χ0) is 13.4. The Bertz CT molecular complexity index is 640. The van der Waals surface area contributed by atoms with Crippen molar-refractivity contribution in [1.29, 1.82) is 0 Å². The number of hydrazine groups is 1. The molecule has 0 bridgehead atoms. The second-order valence-corrected chi connectivity index (χ2v) is 5.74. The van der Waals surface area contributed by atoms with E-state index < -0.39 is 0 Å². The molecule has 0 fully saturated rings. The van der Waals surface area contributed by atoms with Gasteiger partial charge in [-0.1, -0.05) is 12.1 Å². The number of aryl methyl sites for hydroxylation is 2. The summed E-state index contributed by atoms with van der Waals surface area (Å²) >= 11 is 1.84. The van der Waals surface area contributed by atoms with Crippen LogP contribution >= 0.6 is 11.8 Å². The van der Waals surface area contributed by atoms with Crippen LogP contribution in [0.25, 0.3) is 11.4 Å². The summed E-state index contributed by atoms with van der Waals surface area (Å²) in [5, 5.41) is 0. The standard InChI is InChI=1S/C14H16N4S/c1-8-3-4-10(5-9(8)2)13-16-12-7-19-6-11(12)14(17-13)18-15/h3-5H,6-7,15H2,1-2H3,(H,16,17,18). The average molecular weight is 272 g/mol. The molecular formula is C14H16N4S. The minimum atomic E-state index is 0.748. The molecule has 0 unspecified atom stereocenters. The van der Waals surface area contributed by atoms with Crippen molar-refractivity contribution in [2.45, 2.75) is 25.4 Å². The number of nitrogens with one attached hydrogen (secondary N) is 1. The molecule has 19 heavy (non-hydrogen) atoms. The number of rotatable bonds is 2. The number of aromatic nitrogens is 2. The Morgan fingerprint density at radius 1 is 1.16 bits per heavy atom. The molecule has 0 amide bonds. The van der Waals surface area contributed by atoms with Crippen LogP contribution in [0.5, 0.6) is 0 Å². The number of hydrogen-bond donors (Lipinski definition) is 2. The highest BCUT2D eigenvalue weighted by atomic mass is 32.2. The highest BCUT2D eigenvalue weighted by Gasteiger charge is 2.19. The van der Waals surface area contributed by atoms with Gasteiger partial charge in [0, 0.05) is 22.6 Å². The molecule has 98 valence electrons. The number of anilines is 1. The lowest BCUT2D eigenvalue weighted by molar-refractivity contribution is 1.06. The van der Waals surface area contributed by atoms with E-state index in [1.54, 1.807) is 0 Å². The van der Waals surface area contributed by atoms with E-state index in [0.717, 1.165) is 40.0 Å². The zero-order valence-electron chi connectivity index (χ0n) is 11.0. The van der Waals surface area contributed by atoms with Crippen molar-refractivity contribution in [2.24, 2.45) is 5.84 Å². The normalized spacial score (nSPS) is 13.4. The van der Waals surface area contributed by atoms with Gasteiger partial charge in [0.25, 0.3) is 0 Å². The molecule has 1 aliphatic rings. The molecule has 5 heteroatoms. The number of thioether (sulfide) groups is 1. The average Bonchev–Trinajstić information content (AvgIpc) is 2.89. The smallest absolute Gasteiger partial charge is 0.161 e. The van der Waals surface area contributed by atoms with Crippen LogP contribution in [0.4, 0.5) is 5.82 Å². The number of fused-ring (bicyclic) bond motifs is 1. The fourth-order valence-electron chi connectivity index (χ4n) is 2.18. The molecule has 0 spiro atoms. The Labute approximate surface area is 116 Å². The number of hydrogen-bond acceptors (Lipinski definition) is 5. The van der Waals surface area contributed by atoms with Gasteiger partial charge in [-0.3, -0.25) is 0 Å². The van der Waals surface area contributed by atoms with Crippen molar-refractivity contribution in [3.63, 3.8) is 0 Å². The van der Waals surface area contributed by atoms with Crippen molar-refractivity contribution in [2.75, 3.05) is 5.43 Å². The summed E-state index contributed by atoms with van der Waals surface area (Å²) in [6.07, 6.45) is 0. The van der Waals surface area contributed by atoms with Gasteiger partial charge in [-0.2, -0.15) is 11.8 Å². The van der Waals surface area contributed by atoms with Gasteiger partial charge in [0.1, 0.15) is 5.82 Å². The molecule has 3 N–H and O–H groups in total. The van der Waals surface area contributed by atoms with Crippen LogP contribution in [-0.2, 0) is 11.5 Å².